The molecule has 0 amide bonds. The molecule has 0 radical (unpaired) electrons. The predicted octanol–water partition coefficient (Wildman–Crippen LogP) is 1.52. The number of hydrogen-bond donors (Lipinski definition) is 2. The number of rotatable bonds is 6. The maximum atomic E-state index is 9.15. The summed E-state index contributed by atoms with van der Waals surface area (Å²) >= 11 is 0. The van der Waals surface area contributed by atoms with Crippen LogP contribution in [0.4, 0.5) is 0 Å². The number of fused-ring (bicyclic) bond motifs is 1. The van der Waals surface area contributed by atoms with Crippen LogP contribution in [0, 0.1) is 0 Å². The van der Waals surface area contributed by atoms with E-state index in [4.69, 9.17) is 9.84 Å². The lowest BCUT2D eigenvalue weighted by Gasteiger charge is -2.16. The van der Waals surface area contributed by atoms with E-state index in [0.717, 1.165) is 12.3 Å². The van der Waals surface area contributed by atoms with Crippen LogP contribution in [-0.2, 0) is 12.8 Å². The van der Waals surface area contributed by atoms with Gasteiger partial charge in [0.25, 0.3) is 0 Å². The highest BCUT2D eigenvalue weighted by molar-refractivity contribution is 5.38. The lowest BCUT2D eigenvalue weighted by Crippen LogP contribution is -2.37. The zero-order valence-electron chi connectivity index (χ0n) is 10.4. The number of aliphatic hydroxyl groups excluding tert-OH is 1. The molecule has 0 fully saturated rings. The van der Waals surface area contributed by atoms with E-state index in [1.54, 1.807) is 0 Å². The highest BCUT2D eigenvalue weighted by Crippen LogP contribution is 2.25. The van der Waals surface area contributed by atoms with Gasteiger partial charge in [-0.25, -0.2) is 0 Å². The molecule has 0 saturated carbocycles. The molecular weight excluding hydrogens is 214 g/mol. The first-order valence-electron chi connectivity index (χ1n) is 6.42. The molecule has 1 aliphatic carbocycles. The summed E-state index contributed by atoms with van der Waals surface area (Å²) < 4.78 is 5.71. The van der Waals surface area contributed by atoms with Crippen molar-refractivity contribution in [3.8, 4) is 5.75 Å². The Morgan fingerprint density at radius 2 is 2.18 bits per heavy atom. The molecule has 1 atom stereocenters. The average Bonchev–Trinajstić information content (AvgIpc) is 2.81. The summed E-state index contributed by atoms with van der Waals surface area (Å²) in [4.78, 5) is 0. The average molecular weight is 235 g/mol. The summed E-state index contributed by atoms with van der Waals surface area (Å²) in [7, 11) is 0. The van der Waals surface area contributed by atoms with Crippen LogP contribution < -0.4 is 10.1 Å². The van der Waals surface area contributed by atoms with Gasteiger partial charge >= 0.3 is 0 Å². The van der Waals surface area contributed by atoms with Gasteiger partial charge in [-0.1, -0.05) is 13.0 Å². The van der Waals surface area contributed by atoms with Crippen LogP contribution in [0.5, 0.6) is 5.75 Å². The monoisotopic (exact) mass is 235 g/mol. The summed E-state index contributed by atoms with van der Waals surface area (Å²) in [6.07, 6.45) is 3.63. The summed E-state index contributed by atoms with van der Waals surface area (Å²) in [6.45, 7) is 3.50. The fraction of sp³-hybridized carbons (Fsp3) is 0.571. The van der Waals surface area contributed by atoms with Crippen molar-refractivity contribution in [2.75, 3.05) is 19.8 Å². The molecule has 0 spiro atoms. The van der Waals surface area contributed by atoms with E-state index < -0.39 is 0 Å². The second kappa shape index (κ2) is 6.03. The number of likely N-dealkylation sites (N-methyl/N-ethyl adjacent to an activating group) is 1. The Morgan fingerprint density at radius 3 is 2.94 bits per heavy atom. The number of aryl methyl sites for hydroxylation is 2. The van der Waals surface area contributed by atoms with E-state index in [-0.39, 0.29) is 12.6 Å². The largest absolute Gasteiger partial charge is 0.492 e. The second-order valence-electron chi connectivity index (χ2n) is 4.53. The fourth-order valence-electron chi connectivity index (χ4n) is 2.30. The molecular formula is C14H21NO2. The maximum absolute atomic E-state index is 9.15. The first-order valence-corrected chi connectivity index (χ1v) is 6.42. The van der Waals surface area contributed by atoms with Gasteiger partial charge in [-0.05, 0) is 49.1 Å². The Kier molecular flexibility index (Phi) is 4.40. The fourth-order valence-corrected chi connectivity index (χ4v) is 2.30. The molecule has 0 bridgehead atoms. The summed E-state index contributed by atoms with van der Waals surface area (Å²) in [6, 6.07) is 6.36. The molecule has 3 heteroatoms. The van der Waals surface area contributed by atoms with Crippen LogP contribution in [0.2, 0.25) is 0 Å². The Bertz CT molecular complexity index is 365. The van der Waals surface area contributed by atoms with Crippen molar-refractivity contribution in [1.29, 1.82) is 0 Å². The first-order chi connectivity index (χ1) is 8.33. The van der Waals surface area contributed by atoms with Gasteiger partial charge < -0.3 is 15.2 Å². The van der Waals surface area contributed by atoms with Crippen molar-refractivity contribution < 1.29 is 9.84 Å². The van der Waals surface area contributed by atoms with Crippen molar-refractivity contribution in [1.82, 2.24) is 5.32 Å². The second-order valence-corrected chi connectivity index (χ2v) is 4.53. The van der Waals surface area contributed by atoms with E-state index in [1.165, 1.54) is 30.4 Å². The minimum absolute atomic E-state index is 0.0215. The Labute approximate surface area is 103 Å². The SMILES string of the molecule is CCNC(CO)COc1ccc2c(c1)CCC2. The molecule has 1 aliphatic rings. The van der Waals surface area contributed by atoms with Crippen LogP contribution in [0.1, 0.15) is 24.5 Å². The van der Waals surface area contributed by atoms with E-state index in [0.29, 0.717) is 6.61 Å². The molecule has 94 valence electrons. The Hall–Kier alpha value is -1.06. The van der Waals surface area contributed by atoms with Gasteiger partial charge in [0.1, 0.15) is 12.4 Å². The standard InChI is InChI=1S/C14H21NO2/c1-2-15-13(9-16)10-17-14-7-6-11-4-3-5-12(11)8-14/h6-8,13,15-16H,2-5,9-10H2,1H3. The lowest BCUT2D eigenvalue weighted by atomic mass is 10.1. The smallest absolute Gasteiger partial charge is 0.119 e. The van der Waals surface area contributed by atoms with Gasteiger partial charge in [-0.3, -0.25) is 0 Å². The van der Waals surface area contributed by atoms with Crippen molar-refractivity contribution in [2.24, 2.45) is 0 Å². The first kappa shape index (κ1) is 12.4. The molecule has 2 rings (SSSR count). The molecule has 1 aromatic carbocycles. The highest BCUT2D eigenvalue weighted by Gasteiger charge is 2.12. The van der Waals surface area contributed by atoms with Gasteiger partial charge in [0, 0.05) is 0 Å². The molecule has 0 aliphatic heterocycles. The number of aliphatic hydroxyl groups is 1. The highest BCUT2D eigenvalue weighted by atomic mass is 16.5. The minimum Gasteiger partial charge on any atom is -0.492 e. The Morgan fingerprint density at radius 1 is 1.35 bits per heavy atom. The molecule has 2 N–H and O–H groups in total. The molecule has 0 saturated heterocycles. The van der Waals surface area contributed by atoms with E-state index in [9.17, 15) is 0 Å². The zero-order valence-corrected chi connectivity index (χ0v) is 10.4. The molecule has 3 nitrogen and oxygen atoms in total. The van der Waals surface area contributed by atoms with Crippen LogP contribution in [-0.4, -0.2) is 30.9 Å². The zero-order chi connectivity index (χ0) is 12.1. The Balaban J connectivity index is 1.90. The molecule has 0 aromatic heterocycles. The lowest BCUT2D eigenvalue weighted by molar-refractivity contribution is 0.184. The van der Waals surface area contributed by atoms with Gasteiger partial charge in [0.05, 0.1) is 12.6 Å². The normalized spacial score (nSPS) is 15.6. The van der Waals surface area contributed by atoms with Crippen molar-refractivity contribution in [2.45, 2.75) is 32.2 Å². The minimum atomic E-state index is 0.0215. The summed E-state index contributed by atoms with van der Waals surface area (Å²) in [5, 5.41) is 12.3. The van der Waals surface area contributed by atoms with Crippen LogP contribution in [0.3, 0.4) is 0 Å². The van der Waals surface area contributed by atoms with Crippen LogP contribution >= 0.6 is 0 Å². The third kappa shape index (κ3) is 3.20. The van der Waals surface area contributed by atoms with Crippen molar-refractivity contribution >= 4 is 0 Å². The van der Waals surface area contributed by atoms with Gasteiger partial charge in [0.15, 0.2) is 0 Å². The van der Waals surface area contributed by atoms with Crippen LogP contribution in [0.25, 0.3) is 0 Å². The van der Waals surface area contributed by atoms with E-state index in [1.807, 2.05) is 13.0 Å². The van der Waals surface area contributed by atoms with E-state index >= 15 is 0 Å². The topological polar surface area (TPSA) is 41.5 Å². The number of ether oxygens (including phenoxy) is 1. The molecule has 1 aromatic rings. The van der Waals surface area contributed by atoms with Gasteiger partial charge in [0.2, 0.25) is 0 Å². The molecule has 1 unspecified atom stereocenters. The van der Waals surface area contributed by atoms with Crippen molar-refractivity contribution in [3.05, 3.63) is 29.3 Å². The number of hydrogen-bond acceptors (Lipinski definition) is 3. The summed E-state index contributed by atoms with van der Waals surface area (Å²) in [5.41, 5.74) is 2.88. The third-order valence-electron chi connectivity index (χ3n) is 3.23. The summed E-state index contributed by atoms with van der Waals surface area (Å²) in [5.74, 6) is 0.919. The van der Waals surface area contributed by atoms with Crippen molar-refractivity contribution in [3.63, 3.8) is 0 Å². The number of nitrogens with one attached hydrogen (secondary N) is 1. The van der Waals surface area contributed by atoms with Gasteiger partial charge in [-0.2, -0.15) is 0 Å². The third-order valence-corrected chi connectivity index (χ3v) is 3.23. The predicted molar refractivity (Wildman–Crippen MR) is 68.5 cm³/mol. The molecule has 17 heavy (non-hydrogen) atoms. The van der Waals surface area contributed by atoms with Gasteiger partial charge in [-0.15, -0.1) is 0 Å². The number of benzene rings is 1. The van der Waals surface area contributed by atoms with Crippen LogP contribution in [0.15, 0.2) is 18.2 Å². The quantitative estimate of drug-likeness (QED) is 0.785. The maximum Gasteiger partial charge on any atom is 0.119 e. The molecule has 0 heterocycles. The van der Waals surface area contributed by atoms with E-state index in [2.05, 4.69) is 17.4 Å².